The number of hydrogen-bond donors (Lipinski definition) is 1. The van der Waals surface area contributed by atoms with Crippen molar-refractivity contribution in [1.29, 1.82) is 0 Å². The van der Waals surface area contributed by atoms with Gasteiger partial charge in [0.1, 0.15) is 5.75 Å². The number of methoxy groups -OCH3 is 1. The zero-order valence-electron chi connectivity index (χ0n) is 15.9. The highest BCUT2D eigenvalue weighted by Gasteiger charge is 2.30. The smallest absolute Gasteiger partial charge is 0.416 e. The monoisotopic (exact) mass is 444 g/mol. The number of carbonyl (C=O) groups excluding carboxylic acids is 1. The molecule has 0 aromatic heterocycles. The Hall–Kier alpha value is -2.79. The van der Waals surface area contributed by atoms with Crippen molar-refractivity contribution in [3.8, 4) is 5.75 Å². The fraction of sp³-hybridized carbons (Fsp3) is 0.316. The van der Waals surface area contributed by atoms with Crippen molar-refractivity contribution < 1.29 is 35.9 Å². The van der Waals surface area contributed by atoms with Gasteiger partial charge in [-0.3, -0.25) is 9.52 Å². The van der Waals surface area contributed by atoms with E-state index in [4.69, 9.17) is 9.47 Å². The highest BCUT2D eigenvalue weighted by Crippen LogP contribution is 2.30. The minimum Gasteiger partial charge on any atom is -0.496 e. The summed E-state index contributed by atoms with van der Waals surface area (Å²) in [5.74, 6) is -0.193. The number of sulfonamides is 1. The molecule has 1 fully saturated rings. The summed E-state index contributed by atoms with van der Waals surface area (Å²) in [5.41, 5.74) is -0.872. The number of ether oxygens (including phenoxy) is 2. The van der Waals surface area contributed by atoms with Crippen molar-refractivity contribution in [2.75, 3.05) is 38.1 Å². The highest BCUT2D eigenvalue weighted by atomic mass is 32.2. The summed E-state index contributed by atoms with van der Waals surface area (Å²) < 4.78 is 76.1. The number of hydrogen-bond acceptors (Lipinski definition) is 5. The number of benzene rings is 2. The Kier molecular flexibility index (Phi) is 6.22. The van der Waals surface area contributed by atoms with E-state index in [-0.39, 0.29) is 21.9 Å². The van der Waals surface area contributed by atoms with E-state index in [0.29, 0.717) is 26.3 Å². The minimum atomic E-state index is -4.53. The molecule has 1 amide bonds. The Morgan fingerprint density at radius 2 is 1.73 bits per heavy atom. The fourth-order valence-electron chi connectivity index (χ4n) is 2.90. The average molecular weight is 444 g/mol. The predicted molar refractivity (Wildman–Crippen MR) is 102 cm³/mol. The summed E-state index contributed by atoms with van der Waals surface area (Å²) in [5, 5.41) is 0. The lowest BCUT2D eigenvalue weighted by Gasteiger charge is -2.27. The first-order valence-electron chi connectivity index (χ1n) is 8.87. The van der Waals surface area contributed by atoms with Crippen LogP contribution in [0.4, 0.5) is 18.9 Å². The number of nitrogens with one attached hydrogen (secondary N) is 1. The molecule has 1 aliphatic rings. The lowest BCUT2D eigenvalue weighted by Crippen LogP contribution is -2.40. The molecule has 7 nitrogen and oxygen atoms in total. The SMILES string of the molecule is COc1ccc(S(=O)(=O)Nc2ccc(C(F)(F)F)cc2)cc1C(=O)N1CCOCC1. The molecular weight excluding hydrogens is 425 g/mol. The third-order valence-electron chi connectivity index (χ3n) is 4.47. The zero-order chi connectivity index (χ0) is 21.9. The maximum Gasteiger partial charge on any atom is 0.416 e. The Morgan fingerprint density at radius 3 is 2.30 bits per heavy atom. The van der Waals surface area contributed by atoms with Crippen LogP contribution in [0.2, 0.25) is 0 Å². The van der Waals surface area contributed by atoms with E-state index in [9.17, 15) is 26.4 Å². The van der Waals surface area contributed by atoms with Crippen LogP contribution in [0.5, 0.6) is 5.75 Å². The molecular formula is C19H19F3N2O5S. The van der Waals surface area contributed by atoms with E-state index in [2.05, 4.69) is 4.72 Å². The first-order chi connectivity index (χ1) is 14.1. The molecule has 0 aliphatic carbocycles. The van der Waals surface area contributed by atoms with Gasteiger partial charge in [-0.1, -0.05) is 0 Å². The van der Waals surface area contributed by atoms with Gasteiger partial charge in [-0.25, -0.2) is 8.42 Å². The van der Waals surface area contributed by atoms with Crippen molar-refractivity contribution in [2.24, 2.45) is 0 Å². The molecule has 162 valence electrons. The number of carbonyl (C=O) groups is 1. The second kappa shape index (κ2) is 8.52. The third kappa shape index (κ3) is 4.85. The van der Waals surface area contributed by atoms with Crippen LogP contribution in [0.3, 0.4) is 0 Å². The molecule has 0 radical (unpaired) electrons. The van der Waals surface area contributed by atoms with Gasteiger partial charge in [0.2, 0.25) is 0 Å². The van der Waals surface area contributed by atoms with Gasteiger partial charge in [-0.05, 0) is 42.5 Å². The molecule has 0 unspecified atom stereocenters. The number of anilines is 1. The Balaban J connectivity index is 1.87. The van der Waals surface area contributed by atoms with Gasteiger partial charge < -0.3 is 14.4 Å². The summed E-state index contributed by atoms with van der Waals surface area (Å²) in [6.45, 7) is 1.48. The predicted octanol–water partition coefficient (Wildman–Crippen LogP) is 2.99. The molecule has 1 N–H and O–H groups in total. The summed E-state index contributed by atoms with van der Waals surface area (Å²) >= 11 is 0. The van der Waals surface area contributed by atoms with Gasteiger partial charge in [0, 0.05) is 18.8 Å². The minimum absolute atomic E-state index is 0.0418. The Morgan fingerprint density at radius 1 is 1.10 bits per heavy atom. The molecule has 1 heterocycles. The second-order valence-corrected chi connectivity index (χ2v) is 8.13. The van der Waals surface area contributed by atoms with E-state index in [0.717, 1.165) is 24.3 Å². The Bertz CT molecular complexity index is 1020. The van der Waals surface area contributed by atoms with Crippen LogP contribution in [0.25, 0.3) is 0 Å². The first kappa shape index (κ1) is 21.9. The van der Waals surface area contributed by atoms with Crippen molar-refractivity contribution in [3.05, 3.63) is 53.6 Å². The molecule has 0 bridgehead atoms. The van der Waals surface area contributed by atoms with Gasteiger partial charge in [0.15, 0.2) is 0 Å². The van der Waals surface area contributed by atoms with E-state index >= 15 is 0 Å². The molecule has 0 spiro atoms. The summed E-state index contributed by atoms with van der Waals surface area (Å²) in [6, 6.07) is 7.38. The highest BCUT2D eigenvalue weighted by molar-refractivity contribution is 7.92. The first-order valence-corrected chi connectivity index (χ1v) is 10.4. The lowest BCUT2D eigenvalue weighted by molar-refractivity contribution is -0.137. The van der Waals surface area contributed by atoms with E-state index in [1.54, 1.807) is 0 Å². The van der Waals surface area contributed by atoms with Crippen LogP contribution in [-0.4, -0.2) is 52.6 Å². The van der Waals surface area contributed by atoms with Gasteiger partial charge in [0.05, 0.1) is 36.3 Å². The van der Waals surface area contributed by atoms with Crippen molar-refractivity contribution in [1.82, 2.24) is 4.90 Å². The van der Waals surface area contributed by atoms with Gasteiger partial charge >= 0.3 is 6.18 Å². The number of alkyl halides is 3. The topological polar surface area (TPSA) is 84.9 Å². The molecule has 1 saturated heterocycles. The molecule has 2 aromatic rings. The molecule has 0 saturated carbocycles. The second-order valence-electron chi connectivity index (χ2n) is 6.45. The van der Waals surface area contributed by atoms with Gasteiger partial charge in [-0.2, -0.15) is 13.2 Å². The van der Waals surface area contributed by atoms with Crippen LogP contribution in [0, 0.1) is 0 Å². The van der Waals surface area contributed by atoms with Crippen molar-refractivity contribution in [3.63, 3.8) is 0 Å². The maximum absolute atomic E-state index is 12.8. The van der Waals surface area contributed by atoms with Crippen LogP contribution in [0.15, 0.2) is 47.4 Å². The summed E-state index contributed by atoms with van der Waals surface area (Å²) in [4.78, 5) is 14.1. The number of halogens is 3. The third-order valence-corrected chi connectivity index (χ3v) is 5.85. The fourth-order valence-corrected chi connectivity index (χ4v) is 3.98. The van der Waals surface area contributed by atoms with Gasteiger partial charge in [-0.15, -0.1) is 0 Å². The van der Waals surface area contributed by atoms with Crippen molar-refractivity contribution >= 4 is 21.6 Å². The molecule has 11 heteroatoms. The Labute approximate surface area is 171 Å². The number of nitrogens with zero attached hydrogens (tertiary/aromatic N) is 1. The van der Waals surface area contributed by atoms with Crippen LogP contribution < -0.4 is 9.46 Å². The molecule has 3 rings (SSSR count). The normalized spacial score (nSPS) is 15.0. The van der Waals surface area contributed by atoms with E-state index in [1.165, 1.54) is 30.2 Å². The lowest BCUT2D eigenvalue weighted by atomic mass is 10.1. The average Bonchev–Trinajstić information content (AvgIpc) is 2.73. The van der Waals surface area contributed by atoms with Crippen LogP contribution in [0.1, 0.15) is 15.9 Å². The maximum atomic E-state index is 12.8. The van der Waals surface area contributed by atoms with E-state index < -0.39 is 27.7 Å². The quantitative estimate of drug-likeness (QED) is 0.767. The van der Waals surface area contributed by atoms with Crippen molar-refractivity contribution in [2.45, 2.75) is 11.1 Å². The number of amides is 1. The zero-order valence-corrected chi connectivity index (χ0v) is 16.7. The molecule has 2 aromatic carbocycles. The number of rotatable bonds is 5. The van der Waals surface area contributed by atoms with Crippen LogP contribution >= 0.6 is 0 Å². The largest absolute Gasteiger partial charge is 0.496 e. The summed E-state index contributed by atoms with van der Waals surface area (Å²) in [6.07, 6.45) is -4.53. The van der Waals surface area contributed by atoms with E-state index in [1.807, 2.05) is 0 Å². The molecule has 0 atom stereocenters. The van der Waals surface area contributed by atoms with Crippen LogP contribution in [-0.2, 0) is 20.9 Å². The standard InChI is InChI=1S/C19H19F3N2O5S/c1-28-17-7-6-15(12-16(17)18(25)24-8-10-29-11-9-24)30(26,27)23-14-4-2-13(3-5-14)19(20,21)22/h2-7,12,23H,8-11H2,1H3. The van der Waals surface area contributed by atoms with Gasteiger partial charge in [0.25, 0.3) is 15.9 Å². The summed E-state index contributed by atoms with van der Waals surface area (Å²) in [7, 11) is -2.79. The molecule has 30 heavy (non-hydrogen) atoms. The molecule has 1 aliphatic heterocycles. The number of morpholine rings is 1.